The van der Waals surface area contributed by atoms with Gasteiger partial charge in [-0.3, -0.25) is 0 Å². The van der Waals surface area contributed by atoms with Gasteiger partial charge in [0.2, 0.25) is 0 Å². The molecule has 2 aromatic rings. The first kappa shape index (κ1) is 12.0. The average molecular weight is 259 g/mol. The molecule has 0 saturated carbocycles. The van der Waals surface area contributed by atoms with Gasteiger partial charge in [-0.15, -0.1) is 0 Å². The lowest BCUT2D eigenvalue weighted by Gasteiger charge is -2.09. The zero-order chi connectivity index (χ0) is 13.1. The fourth-order valence-corrected chi connectivity index (χ4v) is 2.18. The smallest absolute Gasteiger partial charge is 0.158 e. The molecule has 1 fully saturated rings. The Hall–Kier alpha value is -2.01. The van der Waals surface area contributed by atoms with Crippen LogP contribution in [0.5, 0.6) is 11.5 Å². The van der Waals surface area contributed by atoms with E-state index in [1.165, 1.54) is 0 Å². The highest BCUT2D eigenvalue weighted by molar-refractivity contribution is 5.39. The standard InChI is InChI=1S/C14H17N3O2/c1-18-12-4-2-3-11(7-12)17-10-14(9-16-17)19-13-5-6-15-8-13/h2-4,7,9-10,13,15H,5-6,8H2,1H3. The summed E-state index contributed by atoms with van der Waals surface area (Å²) in [7, 11) is 1.66. The Bertz CT molecular complexity index is 547. The van der Waals surface area contributed by atoms with Gasteiger partial charge < -0.3 is 14.8 Å². The van der Waals surface area contributed by atoms with Crippen LogP contribution in [0.2, 0.25) is 0 Å². The van der Waals surface area contributed by atoms with Gasteiger partial charge in [0, 0.05) is 12.6 Å². The summed E-state index contributed by atoms with van der Waals surface area (Å²) in [5, 5.41) is 7.60. The van der Waals surface area contributed by atoms with Crippen LogP contribution in [0.4, 0.5) is 0 Å². The van der Waals surface area contributed by atoms with E-state index >= 15 is 0 Å². The fourth-order valence-electron chi connectivity index (χ4n) is 2.18. The van der Waals surface area contributed by atoms with Crippen molar-refractivity contribution in [3.63, 3.8) is 0 Å². The van der Waals surface area contributed by atoms with Gasteiger partial charge in [0.05, 0.1) is 25.2 Å². The molecule has 1 aliphatic heterocycles. The van der Waals surface area contributed by atoms with Crippen LogP contribution in [0, 0.1) is 0 Å². The van der Waals surface area contributed by atoms with Crippen molar-refractivity contribution in [2.75, 3.05) is 20.2 Å². The highest BCUT2D eigenvalue weighted by Crippen LogP contribution is 2.19. The van der Waals surface area contributed by atoms with E-state index in [0.29, 0.717) is 0 Å². The van der Waals surface area contributed by atoms with Crippen molar-refractivity contribution in [1.29, 1.82) is 0 Å². The van der Waals surface area contributed by atoms with Gasteiger partial charge in [-0.25, -0.2) is 4.68 Å². The molecule has 0 bridgehead atoms. The molecule has 0 amide bonds. The van der Waals surface area contributed by atoms with Crippen molar-refractivity contribution in [2.45, 2.75) is 12.5 Å². The largest absolute Gasteiger partial charge is 0.497 e. The molecule has 1 aliphatic rings. The zero-order valence-electron chi connectivity index (χ0n) is 10.9. The molecule has 1 aromatic carbocycles. The summed E-state index contributed by atoms with van der Waals surface area (Å²) in [5.74, 6) is 1.62. The third kappa shape index (κ3) is 2.71. The van der Waals surface area contributed by atoms with Crippen LogP contribution in [-0.4, -0.2) is 36.1 Å². The van der Waals surface area contributed by atoms with E-state index in [9.17, 15) is 0 Å². The van der Waals surface area contributed by atoms with Crippen molar-refractivity contribution >= 4 is 0 Å². The number of ether oxygens (including phenoxy) is 2. The van der Waals surface area contributed by atoms with E-state index in [-0.39, 0.29) is 6.10 Å². The van der Waals surface area contributed by atoms with Crippen molar-refractivity contribution < 1.29 is 9.47 Å². The number of benzene rings is 1. The maximum absolute atomic E-state index is 5.86. The predicted octanol–water partition coefficient (Wildman–Crippen LogP) is 1.62. The third-order valence-corrected chi connectivity index (χ3v) is 3.19. The van der Waals surface area contributed by atoms with E-state index in [0.717, 1.165) is 36.7 Å². The number of nitrogens with zero attached hydrogens (tertiary/aromatic N) is 2. The van der Waals surface area contributed by atoms with E-state index in [2.05, 4.69) is 10.4 Å². The molecular weight excluding hydrogens is 242 g/mol. The number of rotatable bonds is 4. The minimum absolute atomic E-state index is 0.253. The molecule has 19 heavy (non-hydrogen) atoms. The number of aromatic nitrogens is 2. The van der Waals surface area contributed by atoms with Gasteiger partial charge in [0.15, 0.2) is 5.75 Å². The molecule has 5 heteroatoms. The molecule has 0 aliphatic carbocycles. The van der Waals surface area contributed by atoms with Gasteiger partial charge in [-0.2, -0.15) is 5.10 Å². The van der Waals surface area contributed by atoms with Crippen LogP contribution >= 0.6 is 0 Å². The van der Waals surface area contributed by atoms with Gasteiger partial charge in [-0.05, 0) is 25.1 Å². The minimum Gasteiger partial charge on any atom is -0.497 e. The molecule has 100 valence electrons. The molecule has 1 saturated heterocycles. The molecule has 5 nitrogen and oxygen atoms in total. The molecule has 1 aromatic heterocycles. The Kier molecular flexibility index (Phi) is 3.37. The monoisotopic (exact) mass is 259 g/mol. The van der Waals surface area contributed by atoms with E-state index in [1.54, 1.807) is 18.0 Å². The van der Waals surface area contributed by atoms with E-state index in [4.69, 9.17) is 9.47 Å². The number of hydrogen-bond donors (Lipinski definition) is 1. The Balaban J connectivity index is 1.76. The summed E-state index contributed by atoms with van der Waals surface area (Å²) in [6, 6.07) is 7.77. The SMILES string of the molecule is COc1cccc(-n2cc(OC3CCNC3)cn2)c1. The van der Waals surface area contributed by atoms with Gasteiger partial charge >= 0.3 is 0 Å². The second-order valence-electron chi connectivity index (χ2n) is 4.55. The molecule has 1 N–H and O–H groups in total. The normalized spacial score (nSPS) is 18.5. The van der Waals surface area contributed by atoms with Gasteiger partial charge in [0.1, 0.15) is 11.9 Å². The summed E-state index contributed by atoms with van der Waals surface area (Å²) in [6.45, 7) is 1.93. The van der Waals surface area contributed by atoms with E-state index in [1.807, 2.05) is 30.5 Å². The topological polar surface area (TPSA) is 48.3 Å². The average Bonchev–Trinajstić information content (AvgIpc) is 3.11. The van der Waals surface area contributed by atoms with Crippen LogP contribution in [0.1, 0.15) is 6.42 Å². The highest BCUT2D eigenvalue weighted by Gasteiger charge is 2.16. The third-order valence-electron chi connectivity index (χ3n) is 3.19. The summed E-state index contributed by atoms with van der Waals surface area (Å²) in [4.78, 5) is 0. The first-order valence-corrected chi connectivity index (χ1v) is 6.41. The van der Waals surface area contributed by atoms with Crippen LogP contribution in [0.15, 0.2) is 36.7 Å². The molecule has 1 atom stereocenters. The molecular formula is C14H17N3O2. The van der Waals surface area contributed by atoms with Crippen molar-refractivity contribution in [1.82, 2.24) is 15.1 Å². The van der Waals surface area contributed by atoms with Crippen molar-refractivity contribution in [3.8, 4) is 17.2 Å². The number of nitrogens with one attached hydrogen (secondary N) is 1. The molecule has 3 rings (SSSR count). The summed E-state index contributed by atoms with van der Waals surface area (Å²) in [6.07, 6.45) is 4.94. The lowest BCUT2D eigenvalue weighted by Crippen LogP contribution is -2.19. The second kappa shape index (κ2) is 5.32. The fraction of sp³-hybridized carbons (Fsp3) is 0.357. The van der Waals surface area contributed by atoms with Gasteiger partial charge in [0.25, 0.3) is 0 Å². The van der Waals surface area contributed by atoms with Crippen molar-refractivity contribution in [2.24, 2.45) is 0 Å². The minimum atomic E-state index is 0.253. The Labute approximate surface area is 112 Å². The Morgan fingerprint density at radius 3 is 3.11 bits per heavy atom. The van der Waals surface area contributed by atoms with Crippen LogP contribution in [-0.2, 0) is 0 Å². The molecule has 2 heterocycles. The lowest BCUT2D eigenvalue weighted by atomic mass is 10.3. The summed E-state index contributed by atoms with van der Waals surface area (Å²) >= 11 is 0. The maximum atomic E-state index is 5.86. The first-order valence-electron chi connectivity index (χ1n) is 6.41. The van der Waals surface area contributed by atoms with E-state index < -0.39 is 0 Å². The van der Waals surface area contributed by atoms with Crippen molar-refractivity contribution in [3.05, 3.63) is 36.7 Å². The maximum Gasteiger partial charge on any atom is 0.158 e. The van der Waals surface area contributed by atoms with Crippen LogP contribution in [0.25, 0.3) is 5.69 Å². The van der Waals surface area contributed by atoms with Crippen LogP contribution in [0.3, 0.4) is 0 Å². The highest BCUT2D eigenvalue weighted by atomic mass is 16.5. The first-order chi connectivity index (χ1) is 9.35. The zero-order valence-corrected chi connectivity index (χ0v) is 10.9. The molecule has 0 spiro atoms. The molecule has 1 unspecified atom stereocenters. The number of hydrogen-bond acceptors (Lipinski definition) is 4. The second-order valence-corrected chi connectivity index (χ2v) is 4.55. The summed E-state index contributed by atoms with van der Waals surface area (Å²) < 4.78 is 12.9. The van der Waals surface area contributed by atoms with Crippen LogP contribution < -0.4 is 14.8 Å². The quantitative estimate of drug-likeness (QED) is 0.906. The Morgan fingerprint density at radius 2 is 2.32 bits per heavy atom. The Morgan fingerprint density at radius 1 is 1.37 bits per heavy atom. The number of methoxy groups -OCH3 is 1. The lowest BCUT2D eigenvalue weighted by molar-refractivity contribution is 0.223. The van der Waals surface area contributed by atoms with Gasteiger partial charge in [-0.1, -0.05) is 6.07 Å². The predicted molar refractivity (Wildman–Crippen MR) is 72.0 cm³/mol. The molecule has 0 radical (unpaired) electrons. The summed E-state index contributed by atoms with van der Waals surface area (Å²) in [5.41, 5.74) is 0.957.